The number of hydrogen-bond acceptors (Lipinski definition) is 11. The van der Waals surface area contributed by atoms with E-state index in [0.29, 0.717) is 12.0 Å². The summed E-state index contributed by atoms with van der Waals surface area (Å²) in [5.41, 5.74) is 2.86. The van der Waals surface area contributed by atoms with Gasteiger partial charge in [0.25, 0.3) is 5.91 Å². The molecule has 5 N–H and O–H groups in total. The summed E-state index contributed by atoms with van der Waals surface area (Å²) in [5, 5.41) is 36.9. The molecule has 1 aliphatic rings. The van der Waals surface area contributed by atoms with Crippen LogP contribution in [0.15, 0.2) is 51.2 Å². The number of phenols is 1. The number of fused-ring (bicyclic) bond motifs is 1. The summed E-state index contributed by atoms with van der Waals surface area (Å²) in [5.74, 6) is -1.43. The van der Waals surface area contributed by atoms with Gasteiger partial charge in [0, 0.05) is 23.6 Å². The molecule has 0 radical (unpaired) electrons. The van der Waals surface area contributed by atoms with Gasteiger partial charge < -0.3 is 49.7 Å². The number of phenolic OH excluding ortho intramolecular Hbond substituents is 1. The zero-order valence-corrected chi connectivity index (χ0v) is 29.0. The fourth-order valence-corrected chi connectivity index (χ4v) is 5.16. The Bertz CT molecular complexity index is 1730. The molecule has 2 aromatic carbocycles. The summed E-state index contributed by atoms with van der Waals surface area (Å²) >= 11 is 0. The van der Waals surface area contributed by atoms with Crippen molar-refractivity contribution in [3.8, 4) is 17.2 Å². The SMILES string of the molecule is COC1(C)C(OC(N)=O)C(O)C(Oc2ccc3c([O-])c(NC(=O)c4ccc(O)c(CC=C(C)C)c4)c(=O)oc3c2C)OC1(C)C.[Na+]. The molecule has 2 amide bonds. The van der Waals surface area contributed by atoms with Crippen LogP contribution in [-0.4, -0.2) is 59.0 Å². The Morgan fingerprint density at radius 1 is 1.17 bits per heavy atom. The Morgan fingerprint density at radius 2 is 1.85 bits per heavy atom. The van der Waals surface area contributed by atoms with Crippen molar-refractivity contribution in [3.63, 3.8) is 0 Å². The van der Waals surface area contributed by atoms with Gasteiger partial charge in [-0.15, -0.1) is 0 Å². The van der Waals surface area contributed by atoms with E-state index in [1.54, 1.807) is 20.8 Å². The Morgan fingerprint density at radius 3 is 2.46 bits per heavy atom. The number of allylic oxidation sites excluding steroid dienone is 2. The number of hydrogen-bond donors (Lipinski definition) is 4. The van der Waals surface area contributed by atoms with Crippen molar-refractivity contribution in [2.24, 2.45) is 5.73 Å². The van der Waals surface area contributed by atoms with Crippen molar-refractivity contribution in [1.82, 2.24) is 0 Å². The van der Waals surface area contributed by atoms with Gasteiger partial charge >= 0.3 is 41.3 Å². The van der Waals surface area contributed by atoms with E-state index in [1.807, 2.05) is 19.9 Å². The molecule has 4 unspecified atom stereocenters. The largest absolute Gasteiger partial charge is 1.00 e. The molecular formula is C32H37N2NaO11. The summed E-state index contributed by atoms with van der Waals surface area (Å²) in [6.45, 7) is 10.2. The van der Waals surface area contributed by atoms with Crippen molar-refractivity contribution in [2.45, 2.75) is 77.7 Å². The maximum absolute atomic E-state index is 13.4. The summed E-state index contributed by atoms with van der Waals surface area (Å²) in [7, 11) is 1.37. The van der Waals surface area contributed by atoms with Gasteiger partial charge in [0.1, 0.15) is 28.4 Å². The molecule has 1 aromatic heterocycles. The third kappa shape index (κ3) is 7.04. The van der Waals surface area contributed by atoms with Crippen molar-refractivity contribution in [2.75, 3.05) is 12.4 Å². The number of aliphatic hydroxyl groups excluding tert-OH is 1. The second-order valence-electron chi connectivity index (χ2n) is 11.7. The van der Waals surface area contributed by atoms with Gasteiger partial charge in [-0.3, -0.25) is 4.79 Å². The zero-order valence-electron chi connectivity index (χ0n) is 27.0. The Labute approximate surface area is 287 Å². The van der Waals surface area contributed by atoms with Gasteiger partial charge in [-0.1, -0.05) is 17.4 Å². The molecule has 13 nitrogen and oxygen atoms in total. The van der Waals surface area contributed by atoms with Crippen LogP contribution in [0.3, 0.4) is 0 Å². The van der Waals surface area contributed by atoms with Gasteiger partial charge in [0.2, 0.25) is 6.29 Å². The average Bonchev–Trinajstić information content (AvgIpc) is 2.97. The van der Waals surface area contributed by atoms with E-state index in [1.165, 1.54) is 44.4 Å². The average molecular weight is 649 g/mol. The second-order valence-corrected chi connectivity index (χ2v) is 11.7. The van der Waals surface area contributed by atoms with Crippen molar-refractivity contribution >= 4 is 28.7 Å². The van der Waals surface area contributed by atoms with Crippen molar-refractivity contribution in [1.29, 1.82) is 0 Å². The van der Waals surface area contributed by atoms with Gasteiger partial charge in [-0.25, -0.2) is 9.59 Å². The molecule has 4 atom stereocenters. The monoisotopic (exact) mass is 648 g/mol. The van der Waals surface area contributed by atoms with Gasteiger partial charge in [-0.05, 0) is 83.9 Å². The minimum atomic E-state index is -1.56. The quantitative estimate of drug-likeness (QED) is 0.149. The number of benzene rings is 2. The van der Waals surface area contributed by atoms with Crippen LogP contribution in [0.1, 0.15) is 56.1 Å². The fraction of sp³-hybridized carbons (Fsp3) is 0.406. The van der Waals surface area contributed by atoms with Crippen LogP contribution in [0, 0.1) is 6.92 Å². The summed E-state index contributed by atoms with van der Waals surface area (Å²) in [4.78, 5) is 37.6. The molecule has 14 heteroatoms. The van der Waals surface area contributed by atoms with Crippen LogP contribution in [0.25, 0.3) is 11.0 Å². The molecule has 0 bridgehead atoms. The molecular weight excluding hydrogens is 611 g/mol. The molecule has 4 rings (SSSR count). The van der Waals surface area contributed by atoms with Crippen LogP contribution in [0.4, 0.5) is 10.5 Å². The number of aliphatic hydroxyl groups is 1. The number of carbonyl (C=O) groups is 2. The number of ether oxygens (including phenoxy) is 4. The first-order chi connectivity index (χ1) is 21.0. The molecule has 3 aromatic rings. The van der Waals surface area contributed by atoms with E-state index < -0.39 is 58.8 Å². The Balaban J connectivity index is 0.00000576. The molecule has 46 heavy (non-hydrogen) atoms. The number of rotatable bonds is 8. The Hall–Kier alpha value is -3.59. The van der Waals surface area contributed by atoms with Crippen LogP contribution in [0.5, 0.6) is 17.2 Å². The summed E-state index contributed by atoms with van der Waals surface area (Å²) < 4.78 is 28.2. The van der Waals surface area contributed by atoms with E-state index in [-0.39, 0.29) is 63.2 Å². The molecule has 242 valence electrons. The number of aryl methyl sites for hydroxylation is 1. The van der Waals surface area contributed by atoms with Crippen LogP contribution in [-0.2, 0) is 20.6 Å². The van der Waals surface area contributed by atoms with Crippen LogP contribution < -0.4 is 56.1 Å². The fourth-order valence-electron chi connectivity index (χ4n) is 5.16. The first-order valence-corrected chi connectivity index (χ1v) is 14.1. The molecule has 0 aliphatic carbocycles. The number of amides is 2. The third-order valence-corrected chi connectivity index (χ3v) is 8.19. The maximum Gasteiger partial charge on any atom is 1.00 e. The number of nitrogens with one attached hydrogen (secondary N) is 1. The predicted octanol–water partition coefficient (Wildman–Crippen LogP) is 0.389. The number of aromatic hydroxyl groups is 1. The zero-order chi connectivity index (χ0) is 33.4. The molecule has 1 fully saturated rings. The van der Waals surface area contributed by atoms with E-state index in [0.717, 1.165) is 5.57 Å². The van der Waals surface area contributed by atoms with Gasteiger partial charge in [-0.2, -0.15) is 0 Å². The van der Waals surface area contributed by atoms with E-state index in [4.69, 9.17) is 29.1 Å². The first-order valence-electron chi connectivity index (χ1n) is 14.1. The molecule has 2 heterocycles. The summed E-state index contributed by atoms with van der Waals surface area (Å²) in [6, 6.07) is 6.96. The Kier molecular flexibility index (Phi) is 11.3. The van der Waals surface area contributed by atoms with Gasteiger partial charge in [0.05, 0.1) is 5.60 Å². The number of nitrogens with two attached hydrogens (primary N) is 1. The minimum absolute atomic E-state index is 0. The molecule has 1 aliphatic heterocycles. The number of methoxy groups -OCH3 is 1. The van der Waals surface area contributed by atoms with Crippen molar-refractivity contribution in [3.05, 3.63) is 69.1 Å². The van der Waals surface area contributed by atoms with Crippen molar-refractivity contribution < 1.29 is 77.8 Å². The molecule has 0 saturated carbocycles. The first kappa shape index (κ1) is 36.9. The predicted molar refractivity (Wildman–Crippen MR) is 161 cm³/mol. The normalized spacial score (nSPS) is 22.0. The molecule has 1 saturated heterocycles. The third-order valence-electron chi connectivity index (χ3n) is 8.19. The van der Waals surface area contributed by atoms with E-state index >= 15 is 0 Å². The van der Waals surface area contributed by atoms with Crippen LogP contribution >= 0.6 is 0 Å². The number of anilines is 1. The minimum Gasteiger partial charge on any atom is -0.870 e. The number of primary amides is 1. The standard InChI is InChI=1S/C32H38N2O11.Na/c1-15(2)8-9-17-14-18(10-12-20(17)35)27(38)34-22-23(36)19-11-13-21(16(3)25(19)43-28(22)39)42-29-24(37)26(44-30(33)40)32(6,41-7)31(4,5)45-29;/h8,10-14,24,26,29,35-37H,9H2,1-7H3,(H2,33,40)(H,34,38);/q;+1/p-1. The van der Waals surface area contributed by atoms with Gasteiger partial charge in [0.15, 0.2) is 12.2 Å². The maximum atomic E-state index is 13.4. The topological polar surface area (TPSA) is 203 Å². The van der Waals surface area contributed by atoms with Crippen LogP contribution in [0.2, 0.25) is 0 Å². The van der Waals surface area contributed by atoms with E-state index in [9.17, 15) is 29.7 Å². The second kappa shape index (κ2) is 14.0. The smallest absolute Gasteiger partial charge is 0.870 e. The molecule has 0 spiro atoms. The summed E-state index contributed by atoms with van der Waals surface area (Å²) in [6.07, 6.45) is -3.11. The van der Waals surface area contributed by atoms with E-state index in [2.05, 4.69) is 5.32 Å². The number of carbonyl (C=O) groups excluding carboxylic acids is 2.